The number of cyclic esters (lactones) is 1. The Hall–Kier alpha value is -1.95. The molecule has 28 heavy (non-hydrogen) atoms. The Balaban J connectivity index is 1.66. The fraction of sp³-hybridized carbons (Fsp3) is 0.588. The van der Waals surface area contributed by atoms with Crippen LogP contribution in [-0.2, 0) is 14.9 Å². The summed E-state index contributed by atoms with van der Waals surface area (Å²) >= 11 is 0. The lowest BCUT2D eigenvalue weighted by Gasteiger charge is -2.38. The number of aliphatic hydroxyl groups excluding tert-OH is 1. The first kappa shape index (κ1) is 20.8. The summed E-state index contributed by atoms with van der Waals surface area (Å²) in [5, 5.41) is 19.3. The number of nitrogens with zero attached hydrogens (tertiary/aromatic N) is 2. The van der Waals surface area contributed by atoms with Crippen LogP contribution in [0.3, 0.4) is 0 Å². The standard InChI is InChI=1S/C17H23FN2O7S/c18-14-9-12(20-10-13(27-16(20)22)3-8-28(24,25)26)1-2-15(14)19-6-4-17(23,11-21)5-7-19/h1-2,9,13,21,23H,3-8,10-11H2,(H,24,25,26). The highest BCUT2D eigenvalue weighted by Crippen LogP contribution is 2.31. The Kier molecular flexibility index (Phi) is 5.80. The van der Waals surface area contributed by atoms with Crippen molar-refractivity contribution in [3.05, 3.63) is 24.0 Å². The first-order chi connectivity index (χ1) is 13.1. The van der Waals surface area contributed by atoms with Gasteiger partial charge in [0.05, 0.1) is 35.9 Å². The minimum atomic E-state index is -4.16. The molecule has 2 aliphatic rings. The van der Waals surface area contributed by atoms with Crippen molar-refractivity contribution in [1.29, 1.82) is 0 Å². The van der Waals surface area contributed by atoms with E-state index in [9.17, 15) is 27.8 Å². The number of rotatable bonds is 6. The molecule has 9 nitrogen and oxygen atoms in total. The first-order valence-corrected chi connectivity index (χ1v) is 10.5. The van der Waals surface area contributed by atoms with E-state index < -0.39 is 39.5 Å². The minimum Gasteiger partial charge on any atom is -0.444 e. The highest BCUT2D eigenvalue weighted by molar-refractivity contribution is 7.85. The van der Waals surface area contributed by atoms with Crippen molar-refractivity contribution >= 4 is 27.6 Å². The average molecular weight is 418 g/mol. The summed E-state index contributed by atoms with van der Waals surface area (Å²) in [7, 11) is -4.16. The Bertz CT molecular complexity index is 840. The van der Waals surface area contributed by atoms with Crippen molar-refractivity contribution in [1.82, 2.24) is 0 Å². The van der Waals surface area contributed by atoms with E-state index in [0.29, 0.717) is 31.6 Å². The normalized spacial score (nSPS) is 22.4. The molecule has 156 valence electrons. The largest absolute Gasteiger partial charge is 0.444 e. The van der Waals surface area contributed by atoms with E-state index in [1.165, 1.54) is 17.0 Å². The molecule has 2 saturated heterocycles. The van der Waals surface area contributed by atoms with Gasteiger partial charge < -0.3 is 19.8 Å². The molecule has 0 radical (unpaired) electrons. The third-order valence-electron chi connectivity index (χ3n) is 5.14. The van der Waals surface area contributed by atoms with Crippen LogP contribution in [0, 0.1) is 5.82 Å². The van der Waals surface area contributed by atoms with Crippen LogP contribution in [0.25, 0.3) is 0 Å². The average Bonchev–Trinajstić information content (AvgIpc) is 3.01. The van der Waals surface area contributed by atoms with Crippen LogP contribution in [0.15, 0.2) is 18.2 Å². The van der Waals surface area contributed by atoms with E-state index >= 15 is 0 Å². The lowest BCUT2D eigenvalue weighted by Crippen LogP contribution is -2.46. The number of halogens is 1. The van der Waals surface area contributed by atoms with Gasteiger partial charge >= 0.3 is 6.09 Å². The molecule has 1 aromatic carbocycles. The number of aliphatic hydroxyl groups is 2. The van der Waals surface area contributed by atoms with Crippen LogP contribution in [0.4, 0.5) is 20.6 Å². The van der Waals surface area contributed by atoms with E-state index in [4.69, 9.17) is 9.29 Å². The predicted molar refractivity (Wildman–Crippen MR) is 98.5 cm³/mol. The number of amides is 1. The van der Waals surface area contributed by atoms with Crippen LogP contribution in [0.1, 0.15) is 19.3 Å². The summed E-state index contributed by atoms with van der Waals surface area (Å²) in [5.74, 6) is -1.07. The zero-order chi connectivity index (χ0) is 20.5. The molecule has 2 heterocycles. The summed E-state index contributed by atoms with van der Waals surface area (Å²) in [4.78, 5) is 15.0. The zero-order valence-corrected chi connectivity index (χ0v) is 15.9. The van der Waals surface area contributed by atoms with Gasteiger partial charge in [-0.2, -0.15) is 8.42 Å². The fourth-order valence-electron chi connectivity index (χ4n) is 3.41. The molecule has 11 heteroatoms. The summed E-state index contributed by atoms with van der Waals surface area (Å²) in [6.07, 6.45) is -0.839. The molecule has 2 fully saturated rings. The summed E-state index contributed by atoms with van der Waals surface area (Å²) < 4.78 is 50.2. The van der Waals surface area contributed by atoms with Crippen LogP contribution in [0.5, 0.6) is 0 Å². The lowest BCUT2D eigenvalue weighted by atomic mass is 9.92. The van der Waals surface area contributed by atoms with Gasteiger partial charge in [0.25, 0.3) is 10.1 Å². The SMILES string of the molecule is O=C1OC(CCS(=O)(=O)O)CN1c1ccc(N2CCC(O)(CO)CC2)c(F)c1. The Morgan fingerprint density at radius 3 is 2.54 bits per heavy atom. The second kappa shape index (κ2) is 7.82. The van der Waals surface area contributed by atoms with Gasteiger partial charge in [-0.15, -0.1) is 0 Å². The highest BCUT2D eigenvalue weighted by Gasteiger charge is 2.35. The number of carbonyl (C=O) groups is 1. The number of ether oxygens (including phenoxy) is 1. The molecule has 1 aromatic rings. The second-order valence-corrected chi connectivity index (χ2v) is 8.77. The molecule has 2 aliphatic heterocycles. The van der Waals surface area contributed by atoms with Gasteiger partial charge in [0.1, 0.15) is 11.9 Å². The summed E-state index contributed by atoms with van der Waals surface area (Å²) in [6.45, 7) is 0.492. The monoisotopic (exact) mass is 418 g/mol. The van der Waals surface area contributed by atoms with Crippen molar-refractivity contribution in [3.63, 3.8) is 0 Å². The summed E-state index contributed by atoms with van der Waals surface area (Å²) in [5.41, 5.74) is -0.521. The van der Waals surface area contributed by atoms with E-state index in [0.717, 1.165) is 0 Å². The maximum Gasteiger partial charge on any atom is 0.414 e. The van der Waals surface area contributed by atoms with Gasteiger partial charge in [0, 0.05) is 19.5 Å². The van der Waals surface area contributed by atoms with E-state index in [2.05, 4.69) is 0 Å². The Labute approximate surface area is 162 Å². The molecule has 0 aromatic heterocycles. The number of hydrogen-bond donors (Lipinski definition) is 3. The molecular weight excluding hydrogens is 395 g/mol. The zero-order valence-electron chi connectivity index (χ0n) is 15.1. The van der Waals surface area contributed by atoms with E-state index in [1.807, 2.05) is 0 Å². The number of benzene rings is 1. The molecule has 1 atom stereocenters. The molecule has 1 amide bonds. The fourth-order valence-corrected chi connectivity index (χ4v) is 3.97. The van der Waals surface area contributed by atoms with Crippen LogP contribution in [-0.4, -0.2) is 73.0 Å². The molecule has 3 N–H and O–H groups in total. The van der Waals surface area contributed by atoms with Crippen molar-refractivity contribution in [2.45, 2.75) is 31.0 Å². The van der Waals surface area contributed by atoms with Crippen LogP contribution >= 0.6 is 0 Å². The van der Waals surface area contributed by atoms with Gasteiger partial charge in [-0.3, -0.25) is 9.45 Å². The molecule has 0 aliphatic carbocycles. The van der Waals surface area contributed by atoms with Gasteiger partial charge in [0.2, 0.25) is 0 Å². The van der Waals surface area contributed by atoms with Gasteiger partial charge in [-0.05, 0) is 31.0 Å². The quantitative estimate of drug-likeness (QED) is 0.578. The summed E-state index contributed by atoms with van der Waals surface area (Å²) in [6, 6.07) is 4.30. The smallest absolute Gasteiger partial charge is 0.414 e. The van der Waals surface area contributed by atoms with Crippen LogP contribution < -0.4 is 9.80 Å². The van der Waals surface area contributed by atoms with Crippen molar-refractivity contribution in [3.8, 4) is 0 Å². The number of piperidine rings is 1. The molecule has 0 saturated carbocycles. The highest BCUT2D eigenvalue weighted by atomic mass is 32.2. The lowest BCUT2D eigenvalue weighted by molar-refractivity contribution is -0.0326. The van der Waals surface area contributed by atoms with Crippen molar-refractivity contribution in [2.24, 2.45) is 0 Å². The topological polar surface area (TPSA) is 128 Å². The van der Waals surface area contributed by atoms with Gasteiger partial charge in [0.15, 0.2) is 0 Å². The first-order valence-electron chi connectivity index (χ1n) is 8.91. The molecule has 1 unspecified atom stereocenters. The van der Waals surface area contributed by atoms with Crippen molar-refractivity contribution < 1.29 is 37.1 Å². The molecular formula is C17H23FN2O7S. The maximum atomic E-state index is 14.6. The number of hydrogen-bond acceptors (Lipinski definition) is 7. The van der Waals surface area contributed by atoms with Crippen molar-refractivity contribution in [2.75, 3.05) is 41.8 Å². The van der Waals surface area contributed by atoms with Gasteiger partial charge in [-0.1, -0.05) is 0 Å². The second-order valence-electron chi connectivity index (χ2n) is 7.20. The molecule has 3 rings (SSSR count). The third kappa shape index (κ3) is 4.72. The third-order valence-corrected chi connectivity index (χ3v) is 5.90. The van der Waals surface area contributed by atoms with E-state index in [-0.39, 0.29) is 25.3 Å². The Morgan fingerprint density at radius 1 is 1.29 bits per heavy atom. The number of anilines is 2. The van der Waals surface area contributed by atoms with E-state index in [1.54, 1.807) is 11.0 Å². The predicted octanol–water partition coefficient (Wildman–Crippen LogP) is 0.752. The number of carbonyl (C=O) groups excluding carboxylic acids is 1. The molecule has 0 spiro atoms. The maximum absolute atomic E-state index is 14.6. The minimum absolute atomic E-state index is 0.0524. The van der Waals surface area contributed by atoms with Crippen LogP contribution in [0.2, 0.25) is 0 Å². The molecule has 0 bridgehead atoms. The van der Waals surface area contributed by atoms with Gasteiger partial charge in [-0.25, -0.2) is 9.18 Å². The Morgan fingerprint density at radius 2 is 1.96 bits per heavy atom.